The number of hydrogen-bond donors (Lipinski definition) is 1. The number of para-hydroxylation sites is 1. The number of carboxylic acid groups (broad SMARTS) is 1. The van der Waals surface area contributed by atoms with Crippen LogP contribution >= 0.6 is 0 Å². The Kier molecular flexibility index (Phi) is 4.83. The molecule has 0 aromatic heterocycles. The minimum absolute atomic E-state index is 0.140. The first kappa shape index (κ1) is 15.4. The van der Waals surface area contributed by atoms with Gasteiger partial charge in [-0.05, 0) is 37.8 Å². The van der Waals surface area contributed by atoms with Crippen LogP contribution in [0.25, 0.3) is 0 Å². The zero-order valence-corrected chi connectivity index (χ0v) is 12.5. The number of piperidine rings is 1. The molecule has 1 fully saturated rings. The van der Waals surface area contributed by atoms with Crippen LogP contribution in [0.1, 0.15) is 26.7 Å². The van der Waals surface area contributed by atoms with Crippen LogP contribution in [-0.4, -0.2) is 41.1 Å². The van der Waals surface area contributed by atoms with Crippen molar-refractivity contribution in [1.82, 2.24) is 4.90 Å². The molecule has 1 N–H and O–H groups in total. The third-order valence-corrected chi connectivity index (χ3v) is 3.98. The fourth-order valence-corrected chi connectivity index (χ4v) is 2.86. The van der Waals surface area contributed by atoms with Crippen molar-refractivity contribution in [3.8, 4) is 0 Å². The van der Waals surface area contributed by atoms with Gasteiger partial charge >= 0.3 is 12.0 Å². The van der Waals surface area contributed by atoms with Crippen molar-refractivity contribution in [3.63, 3.8) is 0 Å². The van der Waals surface area contributed by atoms with E-state index < -0.39 is 5.97 Å². The molecule has 1 aromatic carbocycles. The SMILES string of the molecule is CC1CCN(C(=O)N(CC(=O)O)c2ccccc2)C(C)C1. The Balaban J connectivity index is 2.20. The zero-order valence-electron chi connectivity index (χ0n) is 12.5. The lowest BCUT2D eigenvalue weighted by Crippen LogP contribution is -2.52. The van der Waals surface area contributed by atoms with E-state index in [0.29, 0.717) is 18.2 Å². The highest BCUT2D eigenvalue weighted by molar-refractivity contribution is 5.96. The third kappa shape index (κ3) is 3.74. The number of aliphatic carboxylic acids is 1. The number of likely N-dealkylation sites (tertiary alicyclic amines) is 1. The molecule has 21 heavy (non-hydrogen) atoms. The molecule has 1 aromatic rings. The number of benzene rings is 1. The molecule has 2 rings (SSSR count). The largest absolute Gasteiger partial charge is 0.480 e. The van der Waals surface area contributed by atoms with E-state index in [9.17, 15) is 9.59 Å². The van der Waals surface area contributed by atoms with Gasteiger partial charge in [-0.25, -0.2) is 4.79 Å². The molecule has 0 aliphatic carbocycles. The van der Waals surface area contributed by atoms with Crippen molar-refractivity contribution in [2.45, 2.75) is 32.7 Å². The van der Waals surface area contributed by atoms with Crippen LogP contribution in [0, 0.1) is 5.92 Å². The van der Waals surface area contributed by atoms with Crippen molar-refractivity contribution in [2.24, 2.45) is 5.92 Å². The normalized spacial score (nSPS) is 21.9. The summed E-state index contributed by atoms with van der Waals surface area (Å²) >= 11 is 0. The van der Waals surface area contributed by atoms with Crippen molar-refractivity contribution in [2.75, 3.05) is 18.0 Å². The van der Waals surface area contributed by atoms with Gasteiger partial charge in [0.15, 0.2) is 0 Å². The number of carbonyl (C=O) groups excluding carboxylic acids is 1. The molecule has 2 unspecified atom stereocenters. The molecule has 2 atom stereocenters. The smallest absolute Gasteiger partial charge is 0.325 e. The Hall–Kier alpha value is -2.04. The zero-order chi connectivity index (χ0) is 15.4. The van der Waals surface area contributed by atoms with Crippen LogP contribution in [0.5, 0.6) is 0 Å². The Morgan fingerprint density at radius 1 is 1.29 bits per heavy atom. The highest BCUT2D eigenvalue weighted by Gasteiger charge is 2.31. The molecule has 5 nitrogen and oxygen atoms in total. The average Bonchev–Trinajstić information content (AvgIpc) is 2.45. The van der Waals surface area contributed by atoms with Gasteiger partial charge in [0.1, 0.15) is 6.54 Å². The standard InChI is InChI=1S/C16H22N2O3/c1-12-8-9-17(13(2)10-12)16(21)18(11-15(19)20)14-6-4-3-5-7-14/h3-7,12-13H,8-11H2,1-2H3,(H,19,20). The van der Waals surface area contributed by atoms with Gasteiger partial charge < -0.3 is 10.0 Å². The van der Waals surface area contributed by atoms with E-state index in [1.54, 1.807) is 29.2 Å². The number of nitrogens with zero attached hydrogens (tertiary/aromatic N) is 2. The summed E-state index contributed by atoms with van der Waals surface area (Å²) in [6, 6.07) is 8.90. The van der Waals surface area contributed by atoms with E-state index in [-0.39, 0.29) is 18.6 Å². The van der Waals surface area contributed by atoms with Gasteiger partial charge in [0.05, 0.1) is 0 Å². The number of carbonyl (C=O) groups is 2. The van der Waals surface area contributed by atoms with Crippen LogP contribution in [0.3, 0.4) is 0 Å². The van der Waals surface area contributed by atoms with E-state index in [4.69, 9.17) is 5.11 Å². The van der Waals surface area contributed by atoms with Crippen LogP contribution < -0.4 is 4.90 Å². The number of rotatable bonds is 3. The molecule has 5 heteroatoms. The lowest BCUT2D eigenvalue weighted by Gasteiger charge is -2.39. The summed E-state index contributed by atoms with van der Waals surface area (Å²) in [5, 5.41) is 9.09. The summed E-state index contributed by atoms with van der Waals surface area (Å²) < 4.78 is 0. The maximum atomic E-state index is 12.7. The quantitative estimate of drug-likeness (QED) is 0.931. The highest BCUT2D eigenvalue weighted by Crippen LogP contribution is 2.25. The molecular weight excluding hydrogens is 268 g/mol. The van der Waals surface area contributed by atoms with Gasteiger partial charge in [0.2, 0.25) is 0 Å². The Morgan fingerprint density at radius 2 is 1.95 bits per heavy atom. The van der Waals surface area contributed by atoms with Crippen molar-refractivity contribution >= 4 is 17.7 Å². The number of amides is 2. The van der Waals surface area contributed by atoms with Gasteiger partial charge in [-0.2, -0.15) is 0 Å². The molecular formula is C16H22N2O3. The fraction of sp³-hybridized carbons (Fsp3) is 0.500. The molecule has 0 radical (unpaired) electrons. The lowest BCUT2D eigenvalue weighted by atomic mass is 9.94. The highest BCUT2D eigenvalue weighted by atomic mass is 16.4. The summed E-state index contributed by atoms with van der Waals surface area (Å²) in [4.78, 5) is 27.0. The molecule has 2 amide bonds. The van der Waals surface area contributed by atoms with E-state index in [2.05, 4.69) is 6.92 Å². The molecule has 1 aliphatic rings. The van der Waals surface area contributed by atoms with Gasteiger partial charge in [-0.3, -0.25) is 9.69 Å². The second kappa shape index (κ2) is 6.61. The molecule has 1 saturated heterocycles. The minimum atomic E-state index is -1.01. The van der Waals surface area contributed by atoms with Crippen LogP contribution in [-0.2, 0) is 4.79 Å². The lowest BCUT2D eigenvalue weighted by molar-refractivity contribution is -0.135. The maximum Gasteiger partial charge on any atom is 0.325 e. The Labute approximate surface area is 125 Å². The second-order valence-electron chi connectivity index (χ2n) is 5.77. The van der Waals surface area contributed by atoms with Crippen molar-refractivity contribution in [1.29, 1.82) is 0 Å². The second-order valence-corrected chi connectivity index (χ2v) is 5.77. The molecule has 1 heterocycles. The summed E-state index contributed by atoms with van der Waals surface area (Å²) in [7, 11) is 0. The Bertz CT molecular complexity index is 504. The molecule has 0 bridgehead atoms. The van der Waals surface area contributed by atoms with E-state index >= 15 is 0 Å². The van der Waals surface area contributed by atoms with E-state index in [0.717, 1.165) is 12.8 Å². The third-order valence-electron chi connectivity index (χ3n) is 3.98. The first-order chi connectivity index (χ1) is 9.99. The fourth-order valence-electron chi connectivity index (χ4n) is 2.86. The van der Waals surface area contributed by atoms with Gasteiger partial charge in [-0.15, -0.1) is 0 Å². The first-order valence-electron chi connectivity index (χ1n) is 7.34. The summed E-state index contributed by atoms with van der Waals surface area (Å²) in [5.41, 5.74) is 0.621. The predicted molar refractivity (Wildman–Crippen MR) is 81.4 cm³/mol. The molecule has 114 valence electrons. The molecule has 0 spiro atoms. The van der Waals surface area contributed by atoms with Crippen LogP contribution in [0.15, 0.2) is 30.3 Å². The van der Waals surface area contributed by atoms with Gasteiger partial charge in [0.25, 0.3) is 0 Å². The summed E-state index contributed by atoms with van der Waals surface area (Å²) in [5.74, 6) is -0.404. The molecule has 0 saturated carbocycles. The van der Waals surface area contributed by atoms with Gasteiger partial charge in [0, 0.05) is 18.3 Å². The Morgan fingerprint density at radius 3 is 2.52 bits per heavy atom. The van der Waals surface area contributed by atoms with Crippen molar-refractivity contribution < 1.29 is 14.7 Å². The maximum absolute atomic E-state index is 12.7. The summed E-state index contributed by atoms with van der Waals surface area (Å²) in [6.45, 7) is 4.58. The van der Waals surface area contributed by atoms with E-state index in [1.807, 2.05) is 13.0 Å². The van der Waals surface area contributed by atoms with Crippen LogP contribution in [0.2, 0.25) is 0 Å². The average molecular weight is 290 g/mol. The monoisotopic (exact) mass is 290 g/mol. The topological polar surface area (TPSA) is 60.9 Å². The number of urea groups is 1. The predicted octanol–water partition coefficient (Wildman–Crippen LogP) is 2.82. The van der Waals surface area contributed by atoms with Crippen molar-refractivity contribution in [3.05, 3.63) is 30.3 Å². The number of hydrogen-bond acceptors (Lipinski definition) is 2. The number of carboxylic acids is 1. The van der Waals surface area contributed by atoms with E-state index in [1.165, 1.54) is 4.90 Å². The number of anilines is 1. The first-order valence-corrected chi connectivity index (χ1v) is 7.34. The minimum Gasteiger partial charge on any atom is -0.480 e. The molecule has 1 aliphatic heterocycles. The van der Waals surface area contributed by atoms with Crippen LogP contribution in [0.4, 0.5) is 10.5 Å². The van der Waals surface area contributed by atoms with Gasteiger partial charge in [-0.1, -0.05) is 25.1 Å². The summed E-state index contributed by atoms with van der Waals surface area (Å²) in [6.07, 6.45) is 1.92.